The average molecular weight is 417 g/mol. The van der Waals surface area contributed by atoms with E-state index in [0.29, 0.717) is 27.0 Å². The van der Waals surface area contributed by atoms with E-state index in [1.54, 1.807) is 24.3 Å². The second-order valence-corrected chi connectivity index (χ2v) is 7.24. The molecule has 0 bridgehead atoms. The highest BCUT2D eigenvalue weighted by atomic mass is 35.5. The molecule has 9 heteroatoms. The normalized spacial score (nSPS) is 15.3. The highest BCUT2D eigenvalue weighted by Gasteiger charge is 2.35. The van der Waals surface area contributed by atoms with Crippen LogP contribution >= 0.6 is 23.4 Å². The van der Waals surface area contributed by atoms with Crippen molar-refractivity contribution >= 4 is 35.0 Å². The third-order valence-corrected chi connectivity index (χ3v) is 5.00. The lowest BCUT2D eigenvalue weighted by molar-refractivity contribution is -0.118. The molecule has 0 saturated heterocycles. The van der Waals surface area contributed by atoms with Crippen LogP contribution in [0.5, 0.6) is 5.88 Å². The molecule has 1 aliphatic heterocycles. The van der Waals surface area contributed by atoms with Crippen LogP contribution in [-0.4, -0.2) is 27.3 Å². The van der Waals surface area contributed by atoms with Crippen LogP contribution < -0.4 is 9.64 Å². The fourth-order valence-electron chi connectivity index (χ4n) is 3.04. The van der Waals surface area contributed by atoms with Crippen LogP contribution in [0.4, 0.5) is 10.1 Å². The monoisotopic (exact) mass is 416 g/mol. The number of fused-ring (bicyclic) bond motifs is 3. The van der Waals surface area contributed by atoms with Gasteiger partial charge in [0, 0.05) is 23.1 Å². The Morgan fingerprint density at radius 2 is 2.07 bits per heavy atom. The first-order valence-corrected chi connectivity index (χ1v) is 9.88. The van der Waals surface area contributed by atoms with Crippen LogP contribution in [-0.2, 0) is 4.79 Å². The molecular formula is C19H14ClFN4O2S. The lowest BCUT2D eigenvalue weighted by Gasteiger charge is -2.30. The minimum Gasteiger partial charge on any atom is -0.447 e. The number of carbonyl (C=O) groups is 1. The van der Waals surface area contributed by atoms with Crippen molar-refractivity contribution in [2.45, 2.75) is 18.3 Å². The average Bonchev–Trinajstić information content (AvgIpc) is 2.81. The summed E-state index contributed by atoms with van der Waals surface area (Å²) in [5, 5.41) is 9.12. The minimum atomic E-state index is -0.854. The van der Waals surface area contributed by atoms with Crippen molar-refractivity contribution in [1.82, 2.24) is 15.2 Å². The van der Waals surface area contributed by atoms with E-state index in [1.807, 2.05) is 6.26 Å². The van der Waals surface area contributed by atoms with Gasteiger partial charge in [0.25, 0.3) is 0 Å². The molecule has 6 nitrogen and oxygen atoms in total. The summed E-state index contributed by atoms with van der Waals surface area (Å²) >= 11 is 7.45. The molecule has 1 aromatic heterocycles. The van der Waals surface area contributed by atoms with E-state index in [1.165, 1.54) is 41.8 Å². The summed E-state index contributed by atoms with van der Waals surface area (Å²) in [5.74, 6) is -0.589. The van der Waals surface area contributed by atoms with Gasteiger partial charge in [0.05, 0.1) is 5.69 Å². The molecule has 1 aliphatic rings. The molecule has 0 fully saturated rings. The molecule has 2 aromatic carbocycles. The van der Waals surface area contributed by atoms with Crippen molar-refractivity contribution in [3.05, 3.63) is 58.9 Å². The largest absolute Gasteiger partial charge is 0.447 e. The molecule has 0 unspecified atom stereocenters. The molecule has 0 N–H and O–H groups in total. The predicted octanol–water partition coefficient (Wildman–Crippen LogP) is 4.50. The van der Waals surface area contributed by atoms with Crippen molar-refractivity contribution in [1.29, 1.82) is 0 Å². The van der Waals surface area contributed by atoms with Crippen LogP contribution in [0.1, 0.15) is 18.7 Å². The fraction of sp³-hybridized carbons (Fsp3) is 0.158. The Kier molecular flexibility index (Phi) is 4.91. The van der Waals surface area contributed by atoms with Gasteiger partial charge in [-0.15, -0.1) is 10.2 Å². The van der Waals surface area contributed by atoms with E-state index in [4.69, 9.17) is 16.3 Å². The Balaban J connectivity index is 2.00. The lowest BCUT2D eigenvalue weighted by atomic mass is 10.1. The standard InChI is InChI=1S/C19H14ClFN4O2S/c1-10(26)25-15-7-6-13(21)9-14(15)16-17(22-19(28-2)24-23-16)27-18(25)11-4-3-5-12(20)8-11/h3-9,18H,1-2H3/t18-/m0/s1. The highest BCUT2D eigenvalue weighted by molar-refractivity contribution is 7.98. The topological polar surface area (TPSA) is 68.2 Å². The Bertz CT molecular complexity index is 1080. The van der Waals surface area contributed by atoms with E-state index >= 15 is 0 Å². The number of amides is 1. The number of hydrogen-bond acceptors (Lipinski definition) is 6. The zero-order valence-electron chi connectivity index (χ0n) is 14.9. The number of rotatable bonds is 2. The van der Waals surface area contributed by atoms with E-state index < -0.39 is 12.0 Å². The molecule has 3 aromatic rings. The van der Waals surface area contributed by atoms with E-state index in [-0.39, 0.29) is 17.5 Å². The maximum absolute atomic E-state index is 14.0. The summed E-state index contributed by atoms with van der Waals surface area (Å²) in [4.78, 5) is 18.4. The molecule has 1 amide bonds. The Hall–Kier alpha value is -2.71. The smallest absolute Gasteiger partial charge is 0.247 e. The zero-order valence-corrected chi connectivity index (χ0v) is 16.5. The molecule has 1 atom stereocenters. The van der Waals surface area contributed by atoms with Gasteiger partial charge in [-0.2, -0.15) is 4.98 Å². The first kappa shape index (κ1) is 18.6. The zero-order chi connectivity index (χ0) is 19.8. The first-order chi connectivity index (χ1) is 13.5. The number of carbonyl (C=O) groups excluding carboxylic acids is 1. The van der Waals surface area contributed by atoms with Gasteiger partial charge in [0.2, 0.25) is 23.2 Å². The van der Waals surface area contributed by atoms with Crippen molar-refractivity contribution < 1.29 is 13.9 Å². The quantitative estimate of drug-likeness (QED) is 0.573. The van der Waals surface area contributed by atoms with Crippen LogP contribution in [0.25, 0.3) is 11.3 Å². The van der Waals surface area contributed by atoms with Crippen LogP contribution in [0.3, 0.4) is 0 Å². The molecule has 28 heavy (non-hydrogen) atoms. The number of aromatic nitrogens is 3. The number of halogens is 2. The maximum Gasteiger partial charge on any atom is 0.247 e. The fourth-order valence-corrected chi connectivity index (χ4v) is 3.54. The van der Waals surface area contributed by atoms with Gasteiger partial charge >= 0.3 is 0 Å². The predicted molar refractivity (Wildman–Crippen MR) is 105 cm³/mol. The van der Waals surface area contributed by atoms with Crippen molar-refractivity contribution in [2.75, 3.05) is 11.2 Å². The first-order valence-electron chi connectivity index (χ1n) is 8.28. The van der Waals surface area contributed by atoms with E-state index in [9.17, 15) is 9.18 Å². The SMILES string of the molecule is CSc1nnc2c(n1)O[C@@H](c1cccc(Cl)c1)N(C(C)=O)c1ccc(F)cc1-2. The Labute approximate surface area is 169 Å². The summed E-state index contributed by atoms with van der Waals surface area (Å²) in [6, 6.07) is 11.1. The molecule has 0 spiro atoms. The third kappa shape index (κ3) is 3.29. The molecule has 142 valence electrons. The molecule has 0 radical (unpaired) electrons. The van der Waals surface area contributed by atoms with E-state index in [2.05, 4.69) is 15.2 Å². The number of hydrogen-bond donors (Lipinski definition) is 0. The summed E-state index contributed by atoms with van der Waals surface area (Å²) in [6.45, 7) is 1.41. The van der Waals surface area contributed by atoms with Crippen LogP contribution in [0.15, 0.2) is 47.6 Å². The van der Waals surface area contributed by atoms with Gasteiger partial charge in [-0.05, 0) is 36.6 Å². The second kappa shape index (κ2) is 7.37. The number of ether oxygens (including phenoxy) is 1. The summed E-state index contributed by atoms with van der Waals surface area (Å²) in [7, 11) is 0. The van der Waals surface area contributed by atoms with Crippen molar-refractivity contribution in [3.8, 4) is 17.1 Å². The molecular weight excluding hydrogens is 403 g/mol. The molecule has 2 heterocycles. The Morgan fingerprint density at radius 1 is 1.25 bits per heavy atom. The van der Waals surface area contributed by atoms with Gasteiger partial charge in [-0.1, -0.05) is 35.5 Å². The minimum absolute atomic E-state index is 0.167. The number of anilines is 1. The Morgan fingerprint density at radius 3 is 2.79 bits per heavy atom. The third-order valence-electron chi connectivity index (χ3n) is 4.22. The number of thioether (sulfide) groups is 1. The molecule has 0 aliphatic carbocycles. The van der Waals surface area contributed by atoms with Crippen molar-refractivity contribution in [3.63, 3.8) is 0 Å². The molecule has 4 rings (SSSR count). The van der Waals surface area contributed by atoms with E-state index in [0.717, 1.165) is 0 Å². The van der Waals surface area contributed by atoms with Gasteiger partial charge in [-0.25, -0.2) is 4.39 Å². The summed E-state index contributed by atoms with van der Waals surface area (Å²) in [6.07, 6.45) is 0.956. The summed E-state index contributed by atoms with van der Waals surface area (Å²) in [5.41, 5.74) is 1.74. The highest BCUT2D eigenvalue weighted by Crippen LogP contribution is 2.43. The summed E-state index contributed by atoms with van der Waals surface area (Å²) < 4.78 is 20.2. The van der Waals surface area contributed by atoms with Crippen LogP contribution in [0, 0.1) is 5.82 Å². The van der Waals surface area contributed by atoms with Crippen molar-refractivity contribution in [2.24, 2.45) is 0 Å². The number of nitrogens with zero attached hydrogens (tertiary/aromatic N) is 4. The second-order valence-electron chi connectivity index (χ2n) is 6.03. The van der Waals surface area contributed by atoms with Gasteiger partial charge in [-0.3, -0.25) is 9.69 Å². The van der Waals surface area contributed by atoms with Gasteiger partial charge in [0.1, 0.15) is 5.82 Å². The van der Waals surface area contributed by atoms with Crippen LogP contribution in [0.2, 0.25) is 5.02 Å². The van der Waals surface area contributed by atoms with Gasteiger partial charge in [0.15, 0.2) is 5.69 Å². The number of benzene rings is 2. The lowest BCUT2D eigenvalue weighted by Crippen LogP contribution is -2.36. The van der Waals surface area contributed by atoms with Gasteiger partial charge < -0.3 is 4.74 Å². The molecule has 0 saturated carbocycles. The maximum atomic E-state index is 14.0.